The molecule has 5 heteroatoms. The van der Waals surface area contributed by atoms with Gasteiger partial charge in [0, 0.05) is 18.9 Å². The normalized spacial score (nSPS) is 15.8. The Morgan fingerprint density at radius 2 is 2.06 bits per heavy atom. The van der Waals surface area contributed by atoms with Crippen LogP contribution in [0.15, 0.2) is 4.47 Å². The standard InChI is InChI=1S/C11H15BrClN3/c1-16(2)6-5-8-14-10(7-3-4-7)9(12)11(13)15-8/h7H,3-6H2,1-2H3. The van der Waals surface area contributed by atoms with Crippen LogP contribution in [0, 0.1) is 0 Å². The van der Waals surface area contributed by atoms with E-state index in [1.807, 2.05) is 14.1 Å². The van der Waals surface area contributed by atoms with Gasteiger partial charge in [0.2, 0.25) is 0 Å². The molecule has 0 unspecified atom stereocenters. The van der Waals surface area contributed by atoms with Crippen LogP contribution in [0.2, 0.25) is 5.15 Å². The van der Waals surface area contributed by atoms with Crippen molar-refractivity contribution in [1.82, 2.24) is 14.9 Å². The smallest absolute Gasteiger partial charge is 0.147 e. The van der Waals surface area contributed by atoms with Crippen LogP contribution in [0.4, 0.5) is 0 Å². The van der Waals surface area contributed by atoms with Crippen molar-refractivity contribution < 1.29 is 0 Å². The van der Waals surface area contributed by atoms with E-state index >= 15 is 0 Å². The second-order valence-corrected chi connectivity index (χ2v) is 5.61. The Bertz CT molecular complexity index is 391. The molecule has 1 aromatic rings. The van der Waals surface area contributed by atoms with Gasteiger partial charge in [-0.2, -0.15) is 0 Å². The van der Waals surface area contributed by atoms with Gasteiger partial charge in [-0.25, -0.2) is 9.97 Å². The van der Waals surface area contributed by atoms with Gasteiger partial charge in [-0.15, -0.1) is 0 Å². The average molecular weight is 305 g/mol. The van der Waals surface area contributed by atoms with Crippen LogP contribution in [-0.2, 0) is 6.42 Å². The lowest BCUT2D eigenvalue weighted by Crippen LogP contribution is -2.16. The van der Waals surface area contributed by atoms with Gasteiger partial charge in [0.1, 0.15) is 11.0 Å². The molecule has 0 amide bonds. The predicted octanol–water partition coefficient (Wildman–Crippen LogP) is 2.87. The Morgan fingerprint density at radius 3 is 2.62 bits per heavy atom. The zero-order chi connectivity index (χ0) is 11.7. The van der Waals surface area contributed by atoms with Gasteiger partial charge >= 0.3 is 0 Å². The molecule has 1 aliphatic carbocycles. The Labute approximate surface area is 109 Å². The van der Waals surface area contributed by atoms with Crippen LogP contribution in [0.25, 0.3) is 0 Å². The first kappa shape index (κ1) is 12.3. The molecule has 1 saturated carbocycles. The van der Waals surface area contributed by atoms with E-state index < -0.39 is 0 Å². The lowest BCUT2D eigenvalue weighted by atomic mass is 10.2. The number of rotatable bonds is 4. The number of hydrogen-bond acceptors (Lipinski definition) is 3. The third kappa shape index (κ3) is 2.93. The van der Waals surface area contributed by atoms with Gasteiger partial charge in [-0.3, -0.25) is 0 Å². The highest BCUT2D eigenvalue weighted by Gasteiger charge is 2.29. The predicted molar refractivity (Wildman–Crippen MR) is 69.0 cm³/mol. The summed E-state index contributed by atoms with van der Waals surface area (Å²) in [5, 5.41) is 0.547. The number of aromatic nitrogens is 2. The first-order chi connectivity index (χ1) is 7.58. The van der Waals surface area contributed by atoms with Crippen molar-refractivity contribution in [3.8, 4) is 0 Å². The van der Waals surface area contributed by atoms with Crippen molar-refractivity contribution in [3.05, 3.63) is 21.1 Å². The second-order valence-electron chi connectivity index (χ2n) is 4.46. The molecule has 1 fully saturated rings. The van der Waals surface area contributed by atoms with E-state index in [-0.39, 0.29) is 0 Å². The molecule has 0 spiro atoms. The molecule has 0 saturated heterocycles. The lowest BCUT2D eigenvalue weighted by molar-refractivity contribution is 0.409. The minimum absolute atomic E-state index is 0.547. The van der Waals surface area contributed by atoms with E-state index in [2.05, 4.69) is 30.8 Å². The molecule has 0 aliphatic heterocycles. The van der Waals surface area contributed by atoms with Gasteiger partial charge in [0.25, 0.3) is 0 Å². The minimum Gasteiger partial charge on any atom is -0.309 e. The topological polar surface area (TPSA) is 29.0 Å². The molecule has 0 atom stereocenters. The van der Waals surface area contributed by atoms with E-state index in [1.165, 1.54) is 12.8 Å². The van der Waals surface area contributed by atoms with Crippen LogP contribution in [-0.4, -0.2) is 35.5 Å². The molecule has 16 heavy (non-hydrogen) atoms. The summed E-state index contributed by atoms with van der Waals surface area (Å²) in [5.74, 6) is 1.44. The first-order valence-corrected chi connectivity index (χ1v) is 6.61. The Morgan fingerprint density at radius 1 is 1.38 bits per heavy atom. The Hall–Kier alpha value is -0.190. The number of likely N-dealkylation sites (N-methyl/N-ethyl adjacent to an activating group) is 1. The summed E-state index contributed by atoms with van der Waals surface area (Å²) in [7, 11) is 4.09. The highest BCUT2D eigenvalue weighted by Crippen LogP contribution is 2.43. The van der Waals surface area contributed by atoms with Gasteiger partial charge in [-0.1, -0.05) is 11.6 Å². The third-order valence-electron chi connectivity index (χ3n) is 2.63. The van der Waals surface area contributed by atoms with Crippen LogP contribution >= 0.6 is 27.5 Å². The van der Waals surface area contributed by atoms with Gasteiger partial charge in [0.05, 0.1) is 10.2 Å². The Balaban J connectivity index is 2.19. The molecule has 88 valence electrons. The summed E-state index contributed by atoms with van der Waals surface area (Å²) in [4.78, 5) is 11.0. The maximum atomic E-state index is 6.09. The number of nitrogens with zero attached hydrogens (tertiary/aromatic N) is 3. The fourth-order valence-electron chi connectivity index (χ4n) is 1.54. The zero-order valence-electron chi connectivity index (χ0n) is 9.50. The highest BCUT2D eigenvalue weighted by molar-refractivity contribution is 9.10. The zero-order valence-corrected chi connectivity index (χ0v) is 11.8. The molecular weight excluding hydrogens is 289 g/mol. The van der Waals surface area contributed by atoms with Crippen LogP contribution in [0.5, 0.6) is 0 Å². The Kier molecular flexibility index (Phi) is 3.82. The van der Waals surface area contributed by atoms with Crippen LogP contribution in [0.3, 0.4) is 0 Å². The largest absolute Gasteiger partial charge is 0.309 e. The van der Waals surface area contributed by atoms with Gasteiger partial charge < -0.3 is 4.90 Å². The number of halogens is 2. The molecule has 0 bridgehead atoms. The molecule has 1 aliphatic rings. The molecule has 3 nitrogen and oxygen atoms in total. The molecular formula is C11H15BrClN3. The van der Waals surface area contributed by atoms with E-state index in [0.717, 1.165) is 29.0 Å². The molecule has 0 N–H and O–H groups in total. The van der Waals surface area contributed by atoms with Crippen molar-refractivity contribution in [1.29, 1.82) is 0 Å². The molecule has 0 aromatic carbocycles. The quantitative estimate of drug-likeness (QED) is 0.801. The molecule has 1 aromatic heterocycles. The maximum Gasteiger partial charge on any atom is 0.147 e. The van der Waals surface area contributed by atoms with E-state index in [0.29, 0.717) is 11.1 Å². The van der Waals surface area contributed by atoms with E-state index in [9.17, 15) is 0 Å². The van der Waals surface area contributed by atoms with E-state index in [4.69, 9.17) is 11.6 Å². The minimum atomic E-state index is 0.547. The van der Waals surface area contributed by atoms with Crippen molar-refractivity contribution in [2.75, 3.05) is 20.6 Å². The first-order valence-electron chi connectivity index (χ1n) is 5.44. The van der Waals surface area contributed by atoms with Crippen LogP contribution < -0.4 is 0 Å². The fourth-order valence-corrected chi connectivity index (χ4v) is 2.24. The summed E-state index contributed by atoms with van der Waals surface area (Å²) >= 11 is 9.56. The van der Waals surface area contributed by atoms with Crippen molar-refractivity contribution >= 4 is 27.5 Å². The summed E-state index contributed by atoms with van der Waals surface area (Å²) in [6, 6.07) is 0. The molecule has 2 rings (SSSR count). The molecule has 1 heterocycles. The summed E-state index contributed by atoms with van der Waals surface area (Å²) < 4.78 is 0.880. The summed E-state index contributed by atoms with van der Waals surface area (Å²) in [6.45, 7) is 0.946. The average Bonchev–Trinajstić information content (AvgIpc) is 3.03. The lowest BCUT2D eigenvalue weighted by Gasteiger charge is -2.10. The summed E-state index contributed by atoms with van der Waals surface area (Å²) in [5.41, 5.74) is 1.09. The van der Waals surface area contributed by atoms with Crippen LogP contribution in [0.1, 0.15) is 30.3 Å². The maximum absolute atomic E-state index is 6.09. The second kappa shape index (κ2) is 4.98. The van der Waals surface area contributed by atoms with Crippen molar-refractivity contribution in [2.24, 2.45) is 0 Å². The number of hydrogen-bond donors (Lipinski definition) is 0. The van der Waals surface area contributed by atoms with Crippen molar-refractivity contribution in [2.45, 2.75) is 25.2 Å². The van der Waals surface area contributed by atoms with E-state index in [1.54, 1.807) is 0 Å². The summed E-state index contributed by atoms with van der Waals surface area (Å²) in [6.07, 6.45) is 3.29. The third-order valence-corrected chi connectivity index (χ3v) is 3.91. The molecule has 0 radical (unpaired) electrons. The highest BCUT2D eigenvalue weighted by atomic mass is 79.9. The van der Waals surface area contributed by atoms with Crippen molar-refractivity contribution in [3.63, 3.8) is 0 Å². The monoisotopic (exact) mass is 303 g/mol. The fraction of sp³-hybridized carbons (Fsp3) is 0.636. The SMILES string of the molecule is CN(C)CCc1nc(Cl)c(Br)c(C2CC2)n1. The van der Waals surface area contributed by atoms with Gasteiger partial charge in [0.15, 0.2) is 0 Å². The van der Waals surface area contributed by atoms with Gasteiger partial charge in [-0.05, 0) is 42.9 Å².